The summed E-state index contributed by atoms with van der Waals surface area (Å²) in [5.41, 5.74) is 0.373. The zero-order valence-electron chi connectivity index (χ0n) is 13.4. The quantitative estimate of drug-likeness (QED) is 0.837. The molecule has 3 rings (SSSR count). The molecule has 0 aromatic carbocycles. The number of hydrogen-bond acceptors (Lipinski definition) is 3. The van der Waals surface area contributed by atoms with Crippen LogP contribution in [0.2, 0.25) is 0 Å². The Morgan fingerprint density at radius 3 is 2.55 bits per heavy atom. The van der Waals surface area contributed by atoms with Gasteiger partial charge in [-0.25, -0.2) is 0 Å². The van der Waals surface area contributed by atoms with Gasteiger partial charge in [0.2, 0.25) is 0 Å². The van der Waals surface area contributed by atoms with Crippen LogP contribution in [-0.4, -0.2) is 50.3 Å². The van der Waals surface area contributed by atoms with Gasteiger partial charge in [-0.15, -0.1) is 0 Å². The van der Waals surface area contributed by atoms with E-state index in [1.54, 1.807) is 0 Å². The van der Waals surface area contributed by atoms with Crippen LogP contribution in [0.25, 0.3) is 0 Å². The van der Waals surface area contributed by atoms with Crippen molar-refractivity contribution in [1.82, 2.24) is 10.2 Å². The van der Waals surface area contributed by atoms with Crippen molar-refractivity contribution in [2.75, 3.05) is 39.4 Å². The van der Waals surface area contributed by atoms with Gasteiger partial charge >= 0.3 is 0 Å². The Morgan fingerprint density at radius 2 is 1.95 bits per heavy atom. The van der Waals surface area contributed by atoms with E-state index in [4.69, 9.17) is 4.74 Å². The van der Waals surface area contributed by atoms with Crippen molar-refractivity contribution < 1.29 is 4.74 Å². The number of piperidine rings is 1. The second-order valence-electron chi connectivity index (χ2n) is 7.95. The summed E-state index contributed by atoms with van der Waals surface area (Å²) in [6.07, 6.45) is 6.75. The molecule has 0 amide bonds. The number of rotatable bonds is 5. The molecule has 3 unspecified atom stereocenters. The lowest BCUT2D eigenvalue weighted by atomic mass is 9.80. The average Bonchev–Trinajstić information content (AvgIpc) is 3.20. The summed E-state index contributed by atoms with van der Waals surface area (Å²) in [6.45, 7) is 11.7. The van der Waals surface area contributed by atoms with E-state index in [9.17, 15) is 0 Å². The molecule has 1 aliphatic carbocycles. The Labute approximate surface area is 124 Å². The molecule has 116 valence electrons. The van der Waals surface area contributed by atoms with E-state index in [1.807, 2.05) is 0 Å². The Balaban J connectivity index is 1.59. The number of ether oxygens (including phenoxy) is 1. The lowest BCUT2D eigenvalue weighted by molar-refractivity contribution is -0.0352. The van der Waals surface area contributed by atoms with Crippen LogP contribution in [0.4, 0.5) is 0 Å². The van der Waals surface area contributed by atoms with Gasteiger partial charge in [0.05, 0.1) is 6.61 Å². The molecule has 2 aliphatic heterocycles. The predicted molar refractivity (Wildman–Crippen MR) is 82.9 cm³/mol. The van der Waals surface area contributed by atoms with Gasteiger partial charge in [0.25, 0.3) is 0 Å². The standard InChI is InChI=1S/C17H32N2O/c1-14-8-15(2)10-19(9-14)12-17(6-3-7-20-13-17)11-18-16-4-5-16/h14-16,18H,3-13H2,1-2H3. The maximum Gasteiger partial charge on any atom is 0.0546 e. The molecule has 3 fully saturated rings. The molecular formula is C17H32N2O. The molecule has 0 radical (unpaired) electrons. The second-order valence-corrected chi connectivity index (χ2v) is 7.95. The Bertz CT molecular complexity index is 300. The van der Waals surface area contributed by atoms with E-state index in [1.165, 1.54) is 51.7 Å². The van der Waals surface area contributed by atoms with Crippen LogP contribution in [0.3, 0.4) is 0 Å². The average molecular weight is 280 g/mol. The first kappa shape index (κ1) is 14.8. The highest BCUT2D eigenvalue weighted by Crippen LogP contribution is 2.33. The van der Waals surface area contributed by atoms with Crippen LogP contribution >= 0.6 is 0 Å². The van der Waals surface area contributed by atoms with Gasteiger partial charge < -0.3 is 15.0 Å². The minimum absolute atomic E-state index is 0.373. The summed E-state index contributed by atoms with van der Waals surface area (Å²) in [7, 11) is 0. The molecule has 3 atom stereocenters. The van der Waals surface area contributed by atoms with Gasteiger partial charge in [0, 0.05) is 44.2 Å². The third kappa shape index (κ3) is 3.96. The van der Waals surface area contributed by atoms with E-state index in [0.29, 0.717) is 5.41 Å². The summed E-state index contributed by atoms with van der Waals surface area (Å²) >= 11 is 0. The highest BCUT2D eigenvalue weighted by Gasteiger charge is 2.37. The van der Waals surface area contributed by atoms with Crippen LogP contribution in [0, 0.1) is 17.3 Å². The Kier molecular flexibility index (Phi) is 4.68. The third-order valence-electron chi connectivity index (χ3n) is 5.25. The van der Waals surface area contributed by atoms with Gasteiger partial charge in [-0.05, 0) is 43.9 Å². The monoisotopic (exact) mass is 280 g/mol. The van der Waals surface area contributed by atoms with Crippen molar-refractivity contribution in [2.45, 2.75) is 52.0 Å². The lowest BCUT2D eigenvalue weighted by Crippen LogP contribution is -2.52. The van der Waals surface area contributed by atoms with Crippen molar-refractivity contribution in [3.8, 4) is 0 Å². The molecule has 1 saturated carbocycles. The minimum atomic E-state index is 0.373. The Morgan fingerprint density at radius 1 is 1.20 bits per heavy atom. The molecule has 2 saturated heterocycles. The first-order valence-electron chi connectivity index (χ1n) is 8.69. The summed E-state index contributed by atoms with van der Waals surface area (Å²) in [5, 5.41) is 3.77. The molecule has 0 spiro atoms. The van der Waals surface area contributed by atoms with Gasteiger partial charge in [0.15, 0.2) is 0 Å². The van der Waals surface area contributed by atoms with Crippen LogP contribution in [0.1, 0.15) is 46.0 Å². The molecule has 20 heavy (non-hydrogen) atoms. The van der Waals surface area contributed by atoms with E-state index in [-0.39, 0.29) is 0 Å². The molecule has 3 nitrogen and oxygen atoms in total. The van der Waals surface area contributed by atoms with Crippen molar-refractivity contribution in [1.29, 1.82) is 0 Å². The lowest BCUT2D eigenvalue weighted by Gasteiger charge is -2.44. The fraction of sp³-hybridized carbons (Fsp3) is 1.00. The number of nitrogens with one attached hydrogen (secondary N) is 1. The molecule has 0 aromatic heterocycles. The van der Waals surface area contributed by atoms with E-state index >= 15 is 0 Å². The van der Waals surface area contributed by atoms with Crippen LogP contribution in [0.15, 0.2) is 0 Å². The highest BCUT2D eigenvalue weighted by atomic mass is 16.5. The fourth-order valence-corrected chi connectivity index (χ4v) is 4.27. The first-order chi connectivity index (χ1) is 9.65. The van der Waals surface area contributed by atoms with Crippen LogP contribution in [0.5, 0.6) is 0 Å². The highest BCUT2D eigenvalue weighted by molar-refractivity contribution is 4.92. The normalized spacial score (nSPS) is 39.9. The predicted octanol–water partition coefficient (Wildman–Crippen LogP) is 2.51. The van der Waals surface area contributed by atoms with Gasteiger partial charge in [-0.2, -0.15) is 0 Å². The maximum absolute atomic E-state index is 5.87. The number of nitrogens with zero attached hydrogens (tertiary/aromatic N) is 1. The second kappa shape index (κ2) is 6.33. The fourth-order valence-electron chi connectivity index (χ4n) is 4.27. The summed E-state index contributed by atoms with van der Waals surface area (Å²) in [4.78, 5) is 2.72. The molecular weight excluding hydrogens is 248 g/mol. The van der Waals surface area contributed by atoms with Crippen molar-refractivity contribution in [3.05, 3.63) is 0 Å². The summed E-state index contributed by atoms with van der Waals surface area (Å²) in [5.74, 6) is 1.72. The molecule has 0 bridgehead atoms. The summed E-state index contributed by atoms with van der Waals surface area (Å²) < 4.78 is 5.87. The Hall–Kier alpha value is -0.120. The van der Waals surface area contributed by atoms with Crippen LogP contribution < -0.4 is 5.32 Å². The first-order valence-corrected chi connectivity index (χ1v) is 8.69. The van der Waals surface area contributed by atoms with Crippen molar-refractivity contribution in [2.24, 2.45) is 17.3 Å². The molecule has 3 aliphatic rings. The van der Waals surface area contributed by atoms with Crippen molar-refractivity contribution >= 4 is 0 Å². The zero-order chi connectivity index (χ0) is 14.0. The SMILES string of the molecule is CC1CC(C)CN(CC2(CNC3CC3)CCCOC2)C1. The van der Waals surface area contributed by atoms with E-state index in [2.05, 4.69) is 24.1 Å². The topological polar surface area (TPSA) is 24.5 Å². The number of likely N-dealkylation sites (tertiary alicyclic amines) is 1. The maximum atomic E-state index is 5.87. The van der Waals surface area contributed by atoms with E-state index in [0.717, 1.165) is 37.6 Å². The molecule has 3 heteroatoms. The van der Waals surface area contributed by atoms with E-state index < -0.39 is 0 Å². The van der Waals surface area contributed by atoms with Gasteiger partial charge in [-0.1, -0.05) is 13.8 Å². The molecule has 1 N–H and O–H groups in total. The van der Waals surface area contributed by atoms with Crippen LogP contribution in [-0.2, 0) is 4.74 Å². The minimum Gasteiger partial charge on any atom is -0.381 e. The number of hydrogen-bond donors (Lipinski definition) is 1. The summed E-state index contributed by atoms with van der Waals surface area (Å²) in [6, 6.07) is 0.813. The van der Waals surface area contributed by atoms with Gasteiger partial charge in [0.1, 0.15) is 0 Å². The molecule has 0 aromatic rings. The van der Waals surface area contributed by atoms with Crippen molar-refractivity contribution in [3.63, 3.8) is 0 Å². The smallest absolute Gasteiger partial charge is 0.0546 e. The molecule has 2 heterocycles. The largest absolute Gasteiger partial charge is 0.381 e. The van der Waals surface area contributed by atoms with Gasteiger partial charge in [-0.3, -0.25) is 0 Å². The zero-order valence-corrected chi connectivity index (χ0v) is 13.4. The third-order valence-corrected chi connectivity index (χ3v) is 5.25.